The molecule has 1 unspecified atom stereocenters. The van der Waals surface area contributed by atoms with Crippen LogP contribution in [0.15, 0.2) is 18.3 Å². The van der Waals surface area contributed by atoms with Gasteiger partial charge in [0.25, 0.3) is 0 Å². The molecule has 3 heteroatoms. The second-order valence-corrected chi connectivity index (χ2v) is 4.52. The molecule has 0 saturated heterocycles. The van der Waals surface area contributed by atoms with Gasteiger partial charge < -0.3 is 10.6 Å². The SMILES string of the molecule is Cc1cc(N(CC(C)N)C2CC2)ccn1. The van der Waals surface area contributed by atoms with E-state index in [1.807, 2.05) is 13.1 Å². The molecule has 2 N–H and O–H groups in total. The Morgan fingerprint density at radius 2 is 2.33 bits per heavy atom. The van der Waals surface area contributed by atoms with Gasteiger partial charge in [-0.1, -0.05) is 0 Å². The molecule has 1 fully saturated rings. The summed E-state index contributed by atoms with van der Waals surface area (Å²) in [7, 11) is 0. The number of aromatic nitrogens is 1. The predicted octanol–water partition coefficient (Wildman–Crippen LogP) is 1.71. The highest BCUT2D eigenvalue weighted by Crippen LogP contribution is 2.31. The Morgan fingerprint density at radius 1 is 1.60 bits per heavy atom. The van der Waals surface area contributed by atoms with Crippen LogP contribution in [0.4, 0.5) is 5.69 Å². The highest BCUT2D eigenvalue weighted by molar-refractivity contribution is 5.48. The molecule has 0 aliphatic heterocycles. The van der Waals surface area contributed by atoms with E-state index in [1.54, 1.807) is 0 Å². The van der Waals surface area contributed by atoms with Crippen LogP contribution in [0.25, 0.3) is 0 Å². The van der Waals surface area contributed by atoms with Gasteiger partial charge in [0.2, 0.25) is 0 Å². The van der Waals surface area contributed by atoms with Gasteiger partial charge in [-0.15, -0.1) is 0 Å². The van der Waals surface area contributed by atoms with Gasteiger partial charge in [-0.3, -0.25) is 4.98 Å². The van der Waals surface area contributed by atoms with Crippen molar-refractivity contribution >= 4 is 5.69 Å². The Morgan fingerprint density at radius 3 is 2.87 bits per heavy atom. The largest absolute Gasteiger partial charge is 0.367 e. The minimum absolute atomic E-state index is 0.221. The van der Waals surface area contributed by atoms with Crippen molar-refractivity contribution in [3.63, 3.8) is 0 Å². The van der Waals surface area contributed by atoms with Crippen LogP contribution in [0.5, 0.6) is 0 Å². The molecule has 1 atom stereocenters. The monoisotopic (exact) mass is 205 g/mol. The van der Waals surface area contributed by atoms with Crippen LogP contribution in [-0.4, -0.2) is 23.6 Å². The van der Waals surface area contributed by atoms with Crippen LogP contribution in [0.1, 0.15) is 25.5 Å². The van der Waals surface area contributed by atoms with E-state index in [2.05, 4.69) is 28.9 Å². The van der Waals surface area contributed by atoms with Gasteiger partial charge in [-0.2, -0.15) is 0 Å². The average molecular weight is 205 g/mol. The Hall–Kier alpha value is -1.09. The zero-order valence-corrected chi connectivity index (χ0v) is 9.48. The number of nitrogens with zero attached hydrogens (tertiary/aromatic N) is 2. The molecular formula is C12H19N3. The Balaban J connectivity index is 2.16. The molecule has 1 aromatic heterocycles. The normalized spacial score (nSPS) is 17.5. The number of aryl methyl sites for hydroxylation is 1. The molecule has 15 heavy (non-hydrogen) atoms. The molecule has 1 aliphatic carbocycles. The van der Waals surface area contributed by atoms with Gasteiger partial charge >= 0.3 is 0 Å². The highest BCUT2D eigenvalue weighted by atomic mass is 15.2. The number of nitrogens with two attached hydrogens (primary N) is 1. The van der Waals surface area contributed by atoms with E-state index < -0.39 is 0 Å². The maximum atomic E-state index is 5.88. The third-order valence-electron chi connectivity index (χ3n) is 2.68. The maximum absolute atomic E-state index is 5.88. The summed E-state index contributed by atoms with van der Waals surface area (Å²) in [6.45, 7) is 5.03. The molecule has 1 saturated carbocycles. The Labute approximate surface area is 91.3 Å². The quantitative estimate of drug-likeness (QED) is 0.813. The predicted molar refractivity (Wildman–Crippen MR) is 63.0 cm³/mol. The molecule has 0 spiro atoms. The Kier molecular flexibility index (Phi) is 2.91. The summed E-state index contributed by atoms with van der Waals surface area (Å²) in [6.07, 6.45) is 4.48. The summed E-state index contributed by atoms with van der Waals surface area (Å²) in [5, 5.41) is 0. The lowest BCUT2D eigenvalue weighted by atomic mass is 10.2. The lowest BCUT2D eigenvalue weighted by Gasteiger charge is -2.26. The molecular weight excluding hydrogens is 186 g/mol. The fourth-order valence-corrected chi connectivity index (χ4v) is 1.87. The first kappa shape index (κ1) is 10.4. The van der Waals surface area contributed by atoms with Crippen LogP contribution >= 0.6 is 0 Å². The summed E-state index contributed by atoms with van der Waals surface area (Å²) in [5.74, 6) is 0. The molecule has 82 valence electrons. The minimum Gasteiger partial charge on any atom is -0.367 e. The number of hydrogen-bond donors (Lipinski definition) is 1. The first-order valence-corrected chi connectivity index (χ1v) is 5.61. The van der Waals surface area contributed by atoms with Crippen LogP contribution in [0, 0.1) is 6.92 Å². The van der Waals surface area contributed by atoms with Gasteiger partial charge in [0.15, 0.2) is 0 Å². The molecule has 1 aliphatic rings. The third-order valence-corrected chi connectivity index (χ3v) is 2.68. The van der Waals surface area contributed by atoms with Gasteiger partial charge in [0, 0.05) is 36.2 Å². The summed E-state index contributed by atoms with van der Waals surface area (Å²) >= 11 is 0. The fraction of sp³-hybridized carbons (Fsp3) is 0.583. The van der Waals surface area contributed by atoms with E-state index in [0.717, 1.165) is 12.2 Å². The van der Waals surface area contributed by atoms with Crippen molar-refractivity contribution in [1.29, 1.82) is 0 Å². The van der Waals surface area contributed by atoms with Crippen LogP contribution in [0.3, 0.4) is 0 Å². The number of anilines is 1. The van der Waals surface area contributed by atoms with Gasteiger partial charge in [0.05, 0.1) is 0 Å². The molecule has 1 aromatic rings. The van der Waals surface area contributed by atoms with Crippen molar-refractivity contribution in [2.24, 2.45) is 5.73 Å². The standard InChI is InChI=1S/C12H19N3/c1-9(13)8-15(11-3-4-11)12-5-6-14-10(2)7-12/h5-7,9,11H,3-4,8,13H2,1-2H3. The van der Waals surface area contributed by atoms with E-state index in [9.17, 15) is 0 Å². The molecule has 0 radical (unpaired) electrons. The third kappa shape index (κ3) is 2.69. The summed E-state index contributed by atoms with van der Waals surface area (Å²) in [4.78, 5) is 6.64. The van der Waals surface area contributed by atoms with Crippen LogP contribution in [0.2, 0.25) is 0 Å². The first-order chi connectivity index (χ1) is 7.16. The average Bonchev–Trinajstić information content (AvgIpc) is 2.97. The number of pyridine rings is 1. The van der Waals surface area contributed by atoms with Crippen LogP contribution < -0.4 is 10.6 Å². The maximum Gasteiger partial charge on any atom is 0.0402 e. The fourth-order valence-electron chi connectivity index (χ4n) is 1.87. The van der Waals surface area contributed by atoms with Crippen molar-refractivity contribution in [3.8, 4) is 0 Å². The van der Waals surface area contributed by atoms with Crippen molar-refractivity contribution in [2.45, 2.75) is 38.8 Å². The molecule has 0 bridgehead atoms. The second-order valence-electron chi connectivity index (χ2n) is 4.52. The van der Waals surface area contributed by atoms with Crippen molar-refractivity contribution < 1.29 is 0 Å². The van der Waals surface area contributed by atoms with Crippen LogP contribution in [-0.2, 0) is 0 Å². The molecule has 3 nitrogen and oxygen atoms in total. The van der Waals surface area contributed by atoms with Crippen molar-refractivity contribution in [2.75, 3.05) is 11.4 Å². The summed E-state index contributed by atoms with van der Waals surface area (Å²) in [6, 6.07) is 5.14. The Bertz CT molecular complexity index is 331. The molecule has 0 amide bonds. The lowest BCUT2D eigenvalue weighted by molar-refractivity contribution is 0.673. The topological polar surface area (TPSA) is 42.1 Å². The zero-order chi connectivity index (χ0) is 10.8. The number of hydrogen-bond acceptors (Lipinski definition) is 3. The highest BCUT2D eigenvalue weighted by Gasteiger charge is 2.29. The summed E-state index contributed by atoms with van der Waals surface area (Å²) < 4.78 is 0. The zero-order valence-electron chi connectivity index (χ0n) is 9.48. The van der Waals surface area contributed by atoms with E-state index in [0.29, 0.717) is 6.04 Å². The van der Waals surface area contributed by atoms with Gasteiger partial charge in [-0.25, -0.2) is 0 Å². The first-order valence-electron chi connectivity index (χ1n) is 5.61. The van der Waals surface area contributed by atoms with E-state index in [-0.39, 0.29) is 6.04 Å². The van der Waals surface area contributed by atoms with Crippen molar-refractivity contribution in [1.82, 2.24) is 4.98 Å². The molecule has 2 rings (SSSR count). The molecule has 1 heterocycles. The van der Waals surface area contributed by atoms with Gasteiger partial charge in [-0.05, 0) is 38.8 Å². The molecule has 0 aromatic carbocycles. The number of rotatable bonds is 4. The lowest BCUT2D eigenvalue weighted by Crippen LogP contribution is -2.37. The summed E-state index contributed by atoms with van der Waals surface area (Å²) in [5.41, 5.74) is 8.22. The smallest absolute Gasteiger partial charge is 0.0402 e. The van der Waals surface area contributed by atoms with E-state index in [1.165, 1.54) is 18.5 Å². The second kappa shape index (κ2) is 4.19. The van der Waals surface area contributed by atoms with E-state index >= 15 is 0 Å². The van der Waals surface area contributed by atoms with Gasteiger partial charge in [0.1, 0.15) is 0 Å². The minimum atomic E-state index is 0.221. The van der Waals surface area contributed by atoms with Crippen molar-refractivity contribution in [3.05, 3.63) is 24.0 Å². The van der Waals surface area contributed by atoms with E-state index in [4.69, 9.17) is 5.73 Å².